The van der Waals surface area contributed by atoms with Crippen LogP contribution in [-0.4, -0.2) is 72.7 Å². The van der Waals surface area contributed by atoms with Crippen LogP contribution in [0.5, 0.6) is 0 Å². The summed E-state index contributed by atoms with van der Waals surface area (Å²) in [4.78, 5) is 47.2. The molecule has 2 atom stereocenters. The Hall–Kier alpha value is -2.56. The van der Waals surface area contributed by atoms with Gasteiger partial charge >= 0.3 is 18.2 Å². The van der Waals surface area contributed by atoms with Gasteiger partial charge in [-0.05, 0) is 54.4 Å². The molecule has 0 aromatic heterocycles. The number of esters is 1. The topological polar surface area (TPSA) is 152 Å². The van der Waals surface area contributed by atoms with Crippen LogP contribution < -0.4 is 16.0 Å². The van der Waals surface area contributed by atoms with Crippen LogP contribution in [-0.2, 0) is 23.8 Å². The Morgan fingerprint density at radius 2 is 1.40 bits per heavy atom. The molecule has 0 saturated heterocycles. The molecule has 30 heavy (non-hydrogen) atoms. The van der Waals surface area contributed by atoms with Crippen molar-refractivity contribution in [2.45, 2.75) is 77.7 Å². The van der Waals surface area contributed by atoms with Crippen LogP contribution in [0, 0.1) is 0 Å². The minimum absolute atomic E-state index is 0.0312. The van der Waals surface area contributed by atoms with Gasteiger partial charge in [-0.25, -0.2) is 9.59 Å². The van der Waals surface area contributed by atoms with Crippen LogP contribution in [0.4, 0.5) is 9.59 Å². The number of carbonyl (C=O) groups is 4. The van der Waals surface area contributed by atoms with Gasteiger partial charge in [0.25, 0.3) is 0 Å². The highest BCUT2D eigenvalue weighted by molar-refractivity contribution is 5.88. The monoisotopic (exact) mass is 433 g/mol. The summed E-state index contributed by atoms with van der Waals surface area (Å²) in [6, 6.07) is -1.07. The van der Waals surface area contributed by atoms with Crippen molar-refractivity contribution in [2.75, 3.05) is 20.2 Å². The molecular formula is C19H35N3O8. The number of aliphatic hydroxyl groups excluding tert-OH is 1. The lowest BCUT2D eigenvalue weighted by molar-refractivity contribution is -0.141. The molecule has 0 spiro atoms. The smallest absolute Gasteiger partial charge is 0.408 e. The average molecular weight is 434 g/mol. The van der Waals surface area contributed by atoms with Gasteiger partial charge in [0.2, 0.25) is 5.91 Å². The molecule has 0 heterocycles. The molecule has 0 unspecified atom stereocenters. The zero-order valence-corrected chi connectivity index (χ0v) is 18.8. The maximum atomic E-state index is 12.3. The van der Waals surface area contributed by atoms with E-state index >= 15 is 0 Å². The molecule has 0 aliphatic heterocycles. The zero-order valence-electron chi connectivity index (χ0n) is 18.8. The van der Waals surface area contributed by atoms with Gasteiger partial charge in [-0.1, -0.05) is 0 Å². The highest BCUT2D eigenvalue weighted by atomic mass is 16.6. The molecule has 0 aromatic carbocycles. The third-order valence-corrected chi connectivity index (χ3v) is 3.31. The van der Waals surface area contributed by atoms with E-state index in [1.165, 1.54) is 7.11 Å². The van der Waals surface area contributed by atoms with E-state index in [0.717, 1.165) is 0 Å². The minimum atomic E-state index is -1.07. The first-order chi connectivity index (χ1) is 13.6. The van der Waals surface area contributed by atoms with Gasteiger partial charge in [-0.2, -0.15) is 0 Å². The predicted molar refractivity (Wildman–Crippen MR) is 108 cm³/mol. The Morgan fingerprint density at radius 3 is 1.90 bits per heavy atom. The number of methoxy groups -OCH3 is 1. The number of hydrogen-bond donors (Lipinski definition) is 4. The van der Waals surface area contributed by atoms with Crippen LogP contribution >= 0.6 is 0 Å². The van der Waals surface area contributed by atoms with Gasteiger partial charge in [-0.15, -0.1) is 0 Å². The standard InChI is InChI=1S/C19H35N3O8/c1-18(2,3)29-16(26)21-10-12(23)8-9-13(15(25)20-11-14(24)28-7)22-17(27)30-19(4,5)6/h12-13,23H,8-11H2,1-7H3,(H,20,25)(H,21,26)(H,22,27)/t12-,13+/m1/s1. The highest BCUT2D eigenvalue weighted by Crippen LogP contribution is 2.09. The van der Waals surface area contributed by atoms with E-state index in [1.807, 2.05) is 0 Å². The molecule has 0 radical (unpaired) electrons. The van der Waals surface area contributed by atoms with Gasteiger partial charge in [0.05, 0.1) is 13.2 Å². The first-order valence-electron chi connectivity index (χ1n) is 9.62. The molecule has 4 N–H and O–H groups in total. The summed E-state index contributed by atoms with van der Waals surface area (Å²) in [6.07, 6.45) is -2.39. The van der Waals surface area contributed by atoms with E-state index in [2.05, 4.69) is 20.7 Å². The summed E-state index contributed by atoms with van der Waals surface area (Å²) in [7, 11) is 1.18. The molecule has 0 aliphatic carbocycles. The van der Waals surface area contributed by atoms with E-state index < -0.39 is 47.4 Å². The summed E-state index contributed by atoms with van der Waals surface area (Å²) in [6.45, 7) is 9.68. The number of nitrogens with one attached hydrogen (secondary N) is 3. The largest absolute Gasteiger partial charge is 0.468 e. The van der Waals surface area contributed by atoms with Crippen molar-refractivity contribution in [1.29, 1.82) is 0 Å². The molecule has 3 amide bonds. The quantitative estimate of drug-likeness (QED) is 0.308. The van der Waals surface area contributed by atoms with Crippen molar-refractivity contribution in [2.24, 2.45) is 0 Å². The van der Waals surface area contributed by atoms with Crippen molar-refractivity contribution in [3.05, 3.63) is 0 Å². The Bertz CT molecular complexity index is 596. The van der Waals surface area contributed by atoms with E-state index in [1.54, 1.807) is 41.5 Å². The second kappa shape index (κ2) is 12.2. The Morgan fingerprint density at radius 1 is 0.867 bits per heavy atom. The van der Waals surface area contributed by atoms with Crippen molar-refractivity contribution in [1.82, 2.24) is 16.0 Å². The number of ether oxygens (including phenoxy) is 3. The van der Waals surface area contributed by atoms with Crippen molar-refractivity contribution >= 4 is 24.1 Å². The fourth-order valence-corrected chi connectivity index (χ4v) is 2.05. The molecule has 11 nitrogen and oxygen atoms in total. The third kappa shape index (κ3) is 14.4. The normalized spacial score (nSPS) is 13.5. The maximum Gasteiger partial charge on any atom is 0.408 e. The maximum absolute atomic E-state index is 12.3. The Kier molecular flexibility index (Phi) is 11.2. The number of rotatable bonds is 9. The predicted octanol–water partition coefficient (Wildman–Crippen LogP) is 0.835. The van der Waals surface area contributed by atoms with Crippen LogP contribution in [0.2, 0.25) is 0 Å². The number of aliphatic hydroxyl groups is 1. The number of amides is 3. The lowest BCUT2D eigenvalue weighted by atomic mass is 10.1. The summed E-state index contributed by atoms with van der Waals surface area (Å²) in [5.74, 6) is -1.29. The van der Waals surface area contributed by atoms with Crippen molar-refractivity contribution in [3.8, 4) is 0 Å². The van der Waals surface area contributed by atoms with Crippen molar-refractivity contribution in [3.63, 3.8) is 0 Å². The Balaban J connectivity index is 4.78. The fourth-order valence-electron chi connectivity index (χ4n) is 2.05. The molecule has 0 aromatic rings. The Labute approximate surface area is 177 Å². The lowest BCUT2D eigenvalue weighted by Gasteiger charge is -2.24. The van der Waals surface area contributed by atoms with E-state index in [9.17, 15) is 24.3 Å². The number of hydrogen-bond acceptors (Lipinski definition) is 8. The molecule has 11 heteroatoms. The molecule has 0 aliphatic rings. The minimum Gasteiger partial charge on any atom is -0.468 e. The van der Waals surface area contributed by atoms with Crippen LogP contribution in [0.1, 0.15) is 54.4 Å². The second-order valence-corrected chi connectivity index (χ2v) is 8.61. The van der Waals surface area contributed by atoms with Crippen LogP contribution in [0.15, 0.2) is 0 Å². The third-order valence-electron chi connectivity index (χ3n) is 3.31. The van der Waals surface area contributed by atoms with E-state index in [-0.39, 0.29) is 25.9 Å². The van der Waals surface area contributed by atoms with Gasteiger partial charge in [0, 0.05) is 6.54 Å². The summed E-state index contributed by atoms with van der Waals surface area (Å²) in [5, 5.41) is 17.3. The van der Waals surface area contributed by atoms with E-state index in [4.69, 9.17) is 9.47 Å². The lowest BCUT2D eigenvalue weighted by Crippen LogP contribution is -2.49. The van der Waals surface area contributed by atoms with Gasteiger partial charge in [-0.3, -0.25) is 9.59 Å². The molecule has 0 fully saturated rings. The van der Waals surface area contributed by atoms with Crippen LogP contribution in [0.3, 0.4) is 0 Å². The molecule has 0 saturated carbocycles. The molecular weight excluding hydrogens is 398 g/mol. The average Bonchev–Trinajstić information content (AvgIpc) is 2.57. The molecule has 0 rings (SSSR count). The van der Waals surface area contributed by atoms with Gasteiger partial charge < -0.3 is 35.3 Å². The second-order valence-electron chi connectivity index (χ2n) is 8.61. The SMILES string of the molecule is COC(=O)CNC(=O)[C@H](CC[C@@H](O)CNC(=O)OC(C)(C)C)NC(=O)OC(C)(C)C. The molecule has 174 valence electrons. The summed E-state index contributed by atoms with van der Waals surface area (Å²) in [5.41, 5.74) is -1.44. The van der Waals surface area contributed by atoms with Gasteiger partial charge in [0.15, 0.2) is 0 Å². The first-order valence-corrected chi connectivity index (χ1v) is 9.62. The number of carbonyl (C=O) groups excluding carboxylic acids is 4. The molecule has 0 bridgehead atoms. The van der Waals surface area contributed by atoms with Crippen molar-refractivity contribution < 1.29 is 38.5 Å². The first kappa shape index (κ1) is 27.4. The number of alkyl carbamates (subject to hydrolysis) is 2. The van der Waals surface area contributed by atoms with E-state index in [0.29, 0.717) is 0 Å². The zero-order chi connectivity index (χ0) is 23.5. The highest BCUT2D eigenvalue weighted by Gasteiger charge is 2.26. The summed E-state index contributed by atoms with van der Waals surface area (Å²) >= 11 is 0. The van der Waals surface area contributed by atoms with Crippen LogP contribution in [0.25, 0.3) is 0 Å². The fraction of sp³-hybridized carbons (Fsp3) is 0.789. The van der Waals surface area contributed by atoms with Gasteiger partial charge in [0.1, 0.15) is 23.8 Å². The summed E-state index contributed by atoms with van der Waals surface area (Å²) < 4.78 is 14.7.